The predicted octanol–water partition coefficient (Wildman–Crippen LogP) is 3.22. The first-order chi connectivity index (χ1) is 9.83. The molecule has 1 heterocycles. The first-order valence-corrected chi connectivity index (χ1v) is 6.49. The third-order valence-electron chi connectivity index (χ3n) is 2.54. The van der Waals surface area contributed by atoms with Crippen LogP contribution < -0.4 is 15.4 Å². The van der Waals surface area contributed by atoms with E-state index in [1.807, 2.05) is 37.3 Å². The number of aromatic nitrogens is 2. The zero-order valence-corrected chi connectivity index (χ0v) is 11.5. The fraction of sp³-hybridized carbons (Fsp3) is 0.200. The van der Waals surface area contributed by atoms with E-state index in [4.69, 9.17) is 4.74 Å². The Labute approximate surface area is 118 Å². The van der Waals surface area contributed by atoms with Crippen LogP contribution in [0.25, 0.3) is 0 Å². The van der Waals surface area contributed by atoms with Gasteiger partial charge in [0, 0.05) is 12.6 Å². The van der Waals surface area contributed by atoms with Crippen molar-refractivity contribution in [3.8, 4) is 5.75 Å². The molecule has 0 aliphatic rings. The van der Waals surface area contributed by atoms with E-state index < -0.39 is 0 Å². The molecular formula is C15H18N4O. The standard InChI is InChI=1S/C15H18N4O/c1-3-9-16-14-10-15(18-11-17-14)19-12-7-5-6-8-13(12)20-4-2/h3,5-8,10-11H,1,4,9H2,2H3,(H2,16,17,18,19). The van der Waals surface area contributed by atoms with Crippen LogP contribution in [-0.4, -0.2) is 23.1 Å². The van der Waals surface area contributed by atoms with Gasteiger partial charge in [0.2, 0.25) is 0 Å². The minimum Gasteiger partial charge on any atom is -0.492 e. The summed E-state index contributed by atoms with van der Waals surface area (Å²) >= 11 is 0. The number of rotatable bonds is 7. The predicted molar refractivity (Wildman–Crippen MR) is 81.6 cm³/mol. The molecule has 0 atom stereocenters. The monoisotopic (exact) mass is 270 g/mol. The van der Waals surface area contributed by atoms with Crippen molar-refractivity contribution >= 4 is 17.3 Å². The Morgan fingerprint density at radius 1 is 1.25 bits per heavy atom. The lowest BCUT2D eigenvalue weighted by molar-refractivity contribution is 0.342. The second kappa shape index (κ2) is 7.13. The van der Waals surface area contributed by atoms with Gasteiger partial charge in [-0.3, -0.25) is 0 Å². The van der Waals surface area contributed by atoms with Gasteiger partial charge in [0.25, 0.3) is 0 Å². The average Bonchev–Trinajstić information content (AvgIpc) is 2.48. The van der Waals surface area contributed by atoms with Crippen molar-refractivity contribution in [2.24, 2.45) is 0 Å². The van der Waals surface area contributed by atoms with Crippen molar-refractivity contribution in [2.75, 3.05) is 23.8 Å². The number of anilines is 3. The summed E-state index contributed by atoms with van der Waals surface area (Å²) in [5, 5.41) is 6.35. The molecule has 0 bridgehead atoms. The van der Waals surface area contributed by atoms with E-state index in [0.29, 0.717) is 19.0 Å². The lowest BCUT2D eigenvalue weighted by Gasteiger charge is -2.12. The molecule has 5 heteroatoms. The van der Waals surface area contributed by atoms with Crippen LogP contribution in [0.15, 0.2) is 49.3 Å². The highest BCUT2D eigenvalue weighted by Crippen LogP contribution is 2.26. The molecule has 0 amide bonds. The fourth-order valence-electron chi connectivity index (χ4n) is 1.69. The molecule has 0 radical (unpaired) electrons. The van der Waals surface area contributed by atoms with E-state index in [1.165, 1.54) is 6.33 Å². The normalized spacial score (nSPS) is 9.85. The van der Waals surface area contributed by atoms with Gasteiger partial charge >= 0.3 is 0 Å². The Balaban J connectivity index is 2.15. The number of ether oxygens (including phenoxy) is 1. The van der Waals surface area contributed by atoms with Crippen molar-refractivity contribution in [3.05, 3.63) is 49.3 Å². The summed E-state index contributed by atoms with van der Waals surface area (Å²) in [5.41, 5.74) is 0.878. The fourth-order valence-corrected chi connectivity index (χ4v) is 1.69. The second-order valence-electron chi connectivity index (χ2n) is 4.01. The van der Waals surface area contributed by atoms with E-state index in [1.54, 1.807) is 6.08 Å². The van der Waals surface area contributed by atoms with Crippen LogP contribution in [0, 0.1) is 0 Å². The van der Waals surface area contributed by atoms with Gasteiger partial charge in [0.05, 0.1) is 12.3 Å². The lowest BCUT2D eigenvalue weighted by Crippen LogP contribution is -2.03. The number of para-hydroxylation sites is 2. The highest BCUT2D eigenvalue weighted by Gasteiger charge is 2.04. The number of nitrogens with zero attached hydrogens (tertiary/aromatic N) is 2. The molecule has 2 rings (SSSR count). The third kappa shape index (κ3) is 3.71. The molecule has 0 aliphatic heterocycles. The minimum atomic E-state index is 0.620. The zero-order chi connectivity index (χ0) is 14.2. The van der Waals surface area contributed by atoms with E-state index in [0.717, 1.165) is 17.3 Å². The Bertz CT molecular complexity index is 571. The van der Waals surface area contributed by atoms with Gasteiger partial charge in [0.1, 0.15) is 23.7 Å². The van der Waals surface area contributed by atoms with E-state index in [-0.39, 0.29) is 0 Å². The first-order valence-electron chi connectivity index (χ1n) is 6.49. The first kappa shape index (κ1) is 13.9. The molecule has 0 aliphatic carbocycles. The van der Waals surface area contributed by atoms with Gasteiger partial charge in [-0.2, -0.15) is 0 Å². The maximum Gasteiger partial charge on any atom is 0.142 e. The van der Waals surface area contributed by atoms with E-state index in [2.05, 4.69) is 27.2 Å². The Morgan fingerprint density at radius 2 is 2.05 bits per heavy atom. The Morgan fingerprint density at radius 3 is 2.85 bits per heavy atom. The van der Waals surface area contributed by atoms with Gasteiger partial charge < -0.3 is 15.4 Å². The average molecular weight is 270 g/mol. The highest BCUT2D eigenvalue weighted by atomic mass is 16.5. The summed E-state index contributed by atoms with van der Waals surface area (Å²) in [6.07, 6.45) is 3.29. The maximum absolute atomic E-state index is 5.57. The molecule has 0 saturated heterocycles. The van der Waals surface area contributed by atoms with Crippen LogP contribution in [0.3, 0.4) is 0 Å². The van der Waals surface area contributed by atoms with Crippen molar-refractivity contribution in [1.29, 1.82) is 0 Å². The smallest absolute Gasteiger partial charge is 0.142 e. The van der Waals surface area contributed by atoms with Crippen LogP contribution in [0.2, 0.25) is 0 Å². The van der Waals surface area contributed by atoms with E-state index in [9.17, 15) is 0 Å². The summed E-state index contributed by atoms with van der Waals surface area (Å²) < 4.78 is 5.57. The lowest BCUT2D eigenvalue weighted by atomic mass is 10.3. The topological polar surface area (TPSA) is 59.1 Å². The van der Waals surface area contributed by atoms with Crippen molar-refractivity contribution in [2.45, 2.75) is 6.92 Å². The molecule has 104 valence electrons. The van der Waals surface area contributed by atoms with Crippen molar-refractivity contribution in [1.82, 2.24) is 9.97 Å². The van der Waals surface area contributed by atoms with Crippen LogP contribution >= 0.6 is 0 Å². The quantitative estimate of drug-likeness (QED) is 0.756. The van der Waals surface area contributed by atoms with Crippen LogP contribution in [-0.2, 0) is 0 Å². The Hall–Kier alpha value is -2.56. The highest BCUT2D eigenvalue weighted by molar-refractivity contribution is 5.65. The summed E-state index contributed by atoms with van der Waals surface area (Å²) in [4.78, 5) is 8.34. The number of benzene rings is 1. The Kier molecular flexibility index (Phi) is 4.94. The summed E-state index contributed by atoms with van der Waals surface area (Å²) in [6.45, 7) is 6.90. The summed E-state index contributed by atoms with van der Waals surface area (Å²) in [5.74, 6) is 2.25. The minimum absolute atomic E-state index is 0.620. The molecule has 0 saturated carbocycles. The number of nitrogens with one attached hydrogen (secondary N) is 2. The molecule has 0 fully saturated rings. The molecule has 5 nitrogen and oxygen atoms in total. The largest absolute Gasteiger partial charge is 0.492 e. The van der Waals surface area contributed by atoms with E-state index >= 15 is 0 Å². The third-order valence-corrected chi connectivity index (χ3v) is 2.54. The van der Waals surface area contributed by atoms with Gasteiger partial charge in [-0.25, -0.2) is 9.97 Å². The zero-order valence-electron chi connectivity index (χ0n) is 11.5. The molecular weight excluding hydrogens is 252 g/mol. The van der Waals surface area contributed by atoms with Gasteiger partial charge in [-0.1, -0.05) is 18.2 Å². The van der Waals surface area contributed by atoms with Gasteiger partial charge in [0.15, 0.2) is 0 Å². The SMILES string of the molecule is C=CCNc1cc(Nc2ccccc2OCC)ncn1. The maximum atomic E-state index is 5.57. The summed E-state index contributed by atoms with van der Waals surface area (Å²) in [6, 6.07) is 9.59. The molecule has 1 aromatic heterocycles. The van der Waals surface area contributed by atoms with Crippen molar-refractivity contribution < 1.29 is 4.74 Å². The number of hydrogen-bond acceptors (Lipinski definition) is 5. The molecule has 0 spiro atoms. The molecule has 2 aromatic rings. The molecule has 20 heavy (non-hydrogen) atoms. The van der Waals surface area contributed by atoms with Gasteiger partial charge in [-0.05, 0) is 19.1 Å². The molecule has 1 aromatic carbocycles. The van der Waals surface area contributed by atoms with Crippen LogP contribution in [0.1, 0.15) is 6.92 Å². The van der Waals surface area contributed by atoms with Crippen LogP contribution in [0.5, 0.6) is 5.75 Å². The molecule has 0 unspecified atom stereocenters. The molecule has 2 N–H and O–H groups in total. The second-order valence-corrected chi connectivity index (χ2v) is 4.01. The van der Waals surface area contributed by atoms with Gasteiger partial charge in [-0.15, -0.1) is 6.58 Å². The van der Waals surface area contributed by atoms with Crippen molar-refractivity contribution in [3.63, 3.8) is 0 Å². The summed E-state index contributed by atoms with van der Waals surface area (Å²) in [7, 11) is 0. The number of hydrogen-bond donors (Lipinski definition) is 2. The van der Waals surface area contributed by atoms with Crippen LogP contribution in [0.4, 0.5) is 17.3 Å².